The molecule has 2 aliphatic rings. The lowest BCUT2D eigenvalue weighted by atomic mass is 9.85. The highest BCUT2D eigenvalue weighted by atomic mass is 16.4. The first-order chi connectivity index (χ1) is 13.3. The maximum atomic E-state index is 13.1. The number of hydrogen-bond donors (Lipinski definition) is 1. The molecule has 144 valence electrons. The van der Waals surface area contributed by atoms with Gasteiger partial charge in [-0.25, -0.2) is 4.79 Å². The molecular formula is C25H26O3. The third-order valence-corrected chi connectivity index (χ3v) is 6.79. The van der Waals surface area contributed by atoms with Crippen LogP contribution in [0, 0.1) is 11.3 Å². The van der Waals surface area contributed by atoms with E-state index in [1.165, 1.54) is 12.0 Å². The monoisotopic (exact) mass is 374 g/mol. The van der Waals surface area contributed by atoms with Gasteiger partial charge in [-0.3, -0.25) is 0 Å². The molecule has 2 aromatic carbocycles. The number of allylic oxidation sites excluding steroid dienone is 2. The Morgan fingerprint density at radius 1 is 1.18 bits per heavy atom. The number of phenolic OH excluding ortho intramolecular Hbond substituents is 1. The van der Waals surface area contributed by atoms with Gasteiger partial charge >= 0.3 is 5.63 Å². The molecule has 1 heterocycles. The number of phenols is 1. The average molecular weight is 374 g/mol. The van der Waals surface area contributed by atoms with Gasteiger partial charge in [-0.2, -0.15) is 0 Å². The van der Waals surface area contributed by atoms with E-state index < -0.39 is 0 Å². The molecule has 1 N–H and O–H groups in total. The van der Waals surface area contributed by atoms with E-state index in [1.807, 2.05) is 0 Å². The molecule has 28 heavy (non-hydrogen) atoms. The minimum absolute atomic E-state index is 0.128. The van der Waals surface area contributed by atoms with Gasteiger partial charge in [0.2, 0.25) is 0 Å². The molecular weight excluding hydrogens is 348 g/mol. The van der Waals surface area contributed by atoms with Crippen molar-refractivity contribution in [2.75, 3.05) is 0 Å². The zero-order valence-corrected chi connectivity index (χ0v) is 16.9. The van der Waals surface area contributed by atoms with Gasteiger partial charge in [-0.1, -0.05) is 45.4 Å². The van der Waals surface area contributed by atoms with Crippen molar-refractivity contribution in [1.82, 2.24) is 0 Å². The molecule has 5 rings (SSSR count). The quantitative estimate of drug-likeness (QED) is 0.432. The highest BCUT2D eigenvalue weighted by Gasteiger charge is 2.50. The van der Waals surface area contributed by atoms with Gasteiger partial charge in [0.1, 0.15) is 11.3 Å². The maximum absolute atomic E-state index is 13.1. The zero-order valence-electron chi connectivity index (χ0n) is 16.9. The van der Waals surface area contributed by atoms with Crippen LogP contribution in [-0.2, 0) is 6.42 Å². The van der Waals surface area contributed by atoms with Crippen molar-refractivity contribution < 1.29 is 9.52 Å². The molecule has 3 nitrogen and oxygen atoms in total. The molecule has 0 radical (unpaired) electrons. The fourth-order valence-electron chi connectivity index (χ4n) is 5.52. The number of aromatic hydroxyl groups is 1. The first-order valence-electron chi connectivity index (χ1n) is 10.3. The molecule has 0 saturated heterocycles. The second-order valence-electron chi connectivity index (χ2n) is 9.13. The predicted octanol–water partition coefficient (Wildman–Crippen LogP) is 6.15. The van der Waals surface area contributed by atoms with E-state index in [0.29, 0.717) is 22.8 Å². The second kappa shape index (κ2) is 5.73. The lowest BCUT2D eigenvalue weighted by molar-refractivity contribution is 0.404. The largest absolute Gasteiger partial charge is 0.508 e. The van der Waals surface area contributed by atoms with Crippen molar-refractivity contribution >= 4 is 27.3 Å². The summed E-state index contributed by atoms with van der Waals surface area (Å²) in [4.78, 5) is 13.1. The molecule has 1 fully saturated rings. The molecule has 3 heteroatoms. The third kappa shape index (κ3) is 2.32. The Labute approximate surface area is 164 Å². The van der Waals surface area contributed by atoms with Gasteiger partial charge in [0.25, 0.3) is 0 Å². The second-order valence-corrected chi connectivity index (χ2v) is 9.13. The zero-order chi connectivity index (χ0) is 19.8. The van der Waals surface area contributed by atoms with Crippen LogP contribution in [0.3, 0.4) is 0 Å². The van der Waals surface area contributed by atoms with E-state index in [2.05, 4.69) is 45.9 Å². The molecule has 2 unspecified atom stereocenters. The lowest BCUT2D eigenvalue weighted by Gasteiger charge is -2.20. The van der Waals surface area contributed by atoms with Gasteiger partial charge in [0.15, 0.2) is 0 Å². The van der Waals surface area contributed by atoms with Crippen molar-refractivity contribution in [2.24, 2.45) is 11.3 Å². The van der Waals surface area contributed by atoms with Gasteiger partial charge in [-0.05, 0) is 65.8 Å². The lowest BCUT2D eigenvalue weighted by Crippen LogP contribution is -2.10. The molecule has 1 aromatic heterocycles. The van der Waals surface area contributed by atoms with Crippen molar-refractivity contribution in [1.29, 1.82) is 0 Å². The Kier molecular flexibility index (Phi) is 3.59. The van der Waals surface area contributed by atoms with Crippen LogP contribution in [-0.4, -0.2) is 5.11 Å². The van der Waals surface area contributed by atoms with Gasteiger partial charge in [0, 0.05) is 16.3 Å². The summed E-state index contributed by atoms with van der Waals surface area (Å²) in [5.74, 6) is 1.42. The van der Waals surface area contributed by atoms with Crippen LogP contribution >= 0.6 is 0 Å². The van der Waals surface area contributed by atoms with Crippen molar-refractivity contribution in [2.45, 2.75) is 52.9 Å². The van der Waals surface area contributed by atoms with Gasteiger partial charge in [0.05, 0.1) is 5.39 Å². The predicted molar refractivity (Wildman–Crippen MR) is 114 cm³/mol. The van der Waals surface area contributed by atoms with E-state index in [9.17, 15) is 9.90 Å². The molecule has 0 amide bonds. The van der Waals surface area contributed by atoms with E-state index >= 15 is 0 Å². The van der Waals surface area contributed by atoms with Crippen LogP contribution in [0.15, 0.2) is 39.6 Å². The first-order valence-corrected chi connectivity index (χ1v) is 10.3. The van der Waals surface area contributed by atoms with Crippen LogP contribution in [0.2, 0.25) is 0 Å². The minimum Gasteiger partial charge on any atom is -0.508 e. The smallest absolute Gasteiger partial charge is 0.344 e. The Hall–Kier alpha value is -2.55. The number of fused-ring (bicyclic) bond motifs is 7. The highest BCUT2D eigenvalue weighted by molar-refractivity contribution is 6.10. The average Bonchev–Trinajstić information content (AvgIpc) is 3.44. The maximum Gasteiger partial charge on any atom is 0.344 e. The van der Waals surface area contributed by atoms with Crippen molar-refractivity contribution in [3.63, 3.8) is 0 Å². The van der Waals surface area contributed by atoms with E-state index in [4.69, 9.17) is 4.42 Å². The van der Waals surface area contributed by atoms with Crippen LogP contribution in [0.5, 0.6) is 5.75 Å². The standard InChI is InChI=1S/C25H26O3/c1-5-6-15-19(26)9-10-20-22(15)16-8-7-14-17-11-18(17)25(3,4)12-13(2)21(14)23(16)24(27)28-20/h7-10,12,17-18,26H,5-6,11H2,1-4H3. The summed E-state index contributed by atoms with van der Waals surface area (Å²) in [5, 5.41) is 12.9. The molecule has 2 atom stereocenters. The summed E-state index contributed by atoms with van der Waals surface area (Å²) in [5.41, 5.74) is 4.76. The number of benzene rings is 2. The summed E-state index contributed by atoms with van der Waals surface area (Å²) in [6.45, 7) is 8.80. The van der Waals surface area contributed by atoms with E-state index in [0.717, 1.165) is 40.3 Å². The summed E-state index contributed by atoms with van der Waals surface area (Å²) in [6, 6.07) is 7.62. The Balaban J connectivity index is 1.95. The normalized spacial score (nSPS) is 22.5. The van der Waals surface area contributed by atoms with Gasteiger partial charge in [-0.15, -0.1) is 0 Å². The number of hydrogen-bond acceptors (Lipinski definition) is 3. The first kappa shape index (κ1) is 17.5. The molecule has 0 spiro atoms. The summed E-state index contributed by atoms with van der Waals surface area (Å²) >= 11 is 0. The fraction of sp³-hybridized carbons (Fsp3) is 0.400. The minimum atomic E-state index is -0.280. The van der Waals surface area contributed by atoms with Crippen LogP contribution in [0.4, 0.5) is 0 Å². The van der Waals surface area contributed by atoms with Crippen molar-refractivity contribution in [3.05, 3.63) is 57.5 Å². The highest BCUT2D eigenvalue weighted by Crippen LogP contribution is 2.61. The van der Waals surface area contributed by atoms with E-state index in [1.54, 1.807) is 12.1 Å². The SMILES string of the molecule is CCCc1c(O)ccc2oc(=O)c3c4c(ccc3c12)C1CC1C(C)(C)C=C4C. The van der Waals surface area contributed by atoms with Crippen LogP contribution in [0.1, 0.15) is 63.1 Å². The Bertz CT molecular complexity index is 1230. The van der Waals surface area contributed by atoms with Crippen molar-refractivity contribution in [3.8, 4) is 5.75 Å². The van der Waals surface area contributed by atoms with Crippen LogP contribution in [0.25, 0.3) is 27.3 Å². The van der Waals surface area contributed by atoms with Gasteiger partial charge < -0.3 is 9.52 Å². The third-order valence-electron chi connectivity index (χ3n) is 6.79. The molecule has 2 aliphatic carbocycles. The number of rotatable bonds is 2. The molecule has 1 saturated carbocycles. The Morgan fingerprint density at radius 3 is 2.71 bits per heavy atom. The summed E-state index contributed by atoms with van der Waals surface area (Å²) < 4.78 is 5.78. The van der Waals surface area contributed by atoms with E-state index in [-0.39, 0.29) is 16.8 Å². The fourth-order valence-corrected chi connectivity index (χ4v) is 5.52. The number of aryl methyl sites for hydroxylation is 1. The molecule has 0 bridgehead atoms. The Morgan fingerprint density at radius 2 is 1.96 bits per heavy atom. The molecule has 3 aromatic rings. The molecule has 0 aliphatic heterocycles. The summed E-state index contributed by atoms with van der Waals surface area (Å²) in [6.07, 6.45) is 5.17. The topological polar surface area (TPSA) is 50.4 Å². The summed E-state index contributed by atoms with van der Waals surface area (Å²) in [7, 11) is 0. The van der Waals surface area contributed by atoms with Crippen LogP contribution < -0.4 is 5.63 Å².